The minimum absolute atomic E-state index is 0.141. The van der Waals surface area contributed by atoms with Gasteiger partial charge in [0.25, 0.3) is 5.91 Å². The number of nitrogens with zero attached hydrogens (tertiary/aromatic N) is 2. The fourth-order valence-electron chi connectivity index (χ4n) is 3.33. The van der Waals surface area contributed by atoms with Crippen LogP contribution in [0.15, 0.2) is 36.7 Å². The number of carbonyl (C=O) groups is 1. The normalized spacial score (nSPS) is 11.8. The number of nitrogens with one attached hydrogen (secondary N) is 2. The van der Waals surface area contributed by atoms with Crippen LogP contribution < -0.4 is 14.8 Å². The molecule has 1 aliphatic carbocycles. The van der Waals surface area contributed by atoms with E-state index in [-0.39, 0.29) is 5.91 Å². The van der Waals surface area contributed by atoms with Gasteiger partial charge in [0.1, 0.15) is 5.69 Å². The van der Waals surface area contributed by atoms with Gasteiger partial charge in [-0.05, 0) is 29.8 Å². The van der Waals surface area contributed by atoms with Crippen LogP contribution >= 0.6 is 0 Å². The molecule has 0 aliphatic heterocycles. The zero-order valence-electron chi connectivity index (χ0n) is 14.7. The van der Waals surface area contributed by atoms with Crippen LogP contribution in [0.5, 0.6) is 11.5 Å². The molecule has 26 heavy (non-hydrogen) atoms. The smallest absolute Gasteiger partial charge is 0.269 e. The highest BCUT2D eigenvalue weighted by Gasteiger charge is 2.29. The third kappa shape index (κ3) is 2.71. The summed E-state index contributed by atoms with van der Waals surface area (Å²) < 4.78 is 12.8. The van der Waals surface area contributed by atoms with Crippen molar-refractivity contribution in [3.05, 3.63) is 53.5 Å². The number of rotatable bonds is 6. The Kier molecular flexibility index (Phi) is 4.12. The van der Waals surface area contributed by atoms with Crippen LogP contribution in [0, 0.1) is 0 Å². The molecule has 2 heterocycles. The number of fused-ring (bicyclic) bond motifs is 3. The fraction of sp³-hybridized carbons (Fsp3) is 0.263. The van der Waals surface area contributed by atoms with E-state index in [1.165, 1.54) is 0 Å². The van der Waals surface area contributed by atoms with Gasteiger partial charge < -0.3 is 19.4 Å². The third-order valence-corrected chi connectivity index (χ3v) is 4.65. The summed E-state index contributed by atoms with van der Waals surface area (Å²) in [5.74, 6) is 1.19. The van der Waals surface area contributed by atoms with Gasteiger partial charge in [-0.1, -0.05) is 0 Å². The second-order valence-corrected chi connectivity index (χ2v) is 6.14. The first-order chi connectivity index (χ1) is 12.7. The average Bonchev–Trinajstić information content (AvgIpc) is 3.36. The Balaban J connectivity index is 1.53. The second kappa shape index (κ2) is 6.59. The minimum atomic E-state index is -0.141. The van der Waals surface area contributed by atoms with Crippen LogP contribution in [-0.2, 0) is 13.0 Å². The van der Waals surface area contributed by atoms with Crippen LogP contribution in [0.25, 0.3) is 11.3 Å². The van der Waals surface area contributed by atoms with Crippen molar-refractivity contribution in [3.63, 3.8) is 0 Å². The molecular weight excluding hydrogens is 332 g/mol. The van der Waals surface area contributed by atoms with Crippen molar-refractivity contribution in [2.45, 2.75) is 13.0 Å². The van der Waals surface area contributed by atoms with Crippen LogP contribution in [0.2, 0.25) is 0 Å². The van der Waals surface area contributed by atoms with Gasteiger partial charge in [-0.15, -0.1) is 0 Å². The SMILES string of the molecule is COc1cc2c(cc1OC)-c1n[nH]c(C(=O)NCCn3cccc3)c1C2. The zero-order valence-corrected chi connectivity index (χ0v) is 14.7. The molecule has 1 aliphatic rings. The Hall–Kier alpha value is -3.22. The first-order valence-corrected chi connectivity index (χ1v) is 8.42. The van der Waals surface area contributed by atoms with E-state index in [2.05, 4.69) is 15.5 Å². The molecule has 0 bridgehead atoms. The highest BCUT2D eigenvalue weighted by molar-refractivity contribution is 5.97. The van der Waals surface area contributed by atoms with Gasteiger partial charge in [0.2, 0.25) is 0 Å². The topological polar surface area (TPSA) is 81.2 Å². The van der Waals surface area contributed by atoms with E-state index in [4.69, 9.17) is 9.47 Å². The molecule has 3 aromatic rings. The molecule has 7 heteroatoms. The van der Waals surface area contributed by atoms with E-state index >= 15 is 0 Å². The molecule has 4 rings (SSSR count). The molecule has 1 aromatic carbocycles. The molecule has 1 amide bonds. The van der Waals surface area contributed by atoms with Crippen molar-refractivity contribution in [2.24, 2.45) is 0 Å². The maximum absolute atomic E-state index is 12.6. The van der Waals surface area contributed by atoms with Crippen molar-refractivity contribution in [2.75, 3.05) is 20.8 Å². The lowest BCUT2D eigenvalue weighted by Crippen LogP contribution is -2.28. The number of amides is 1. The fourth-order valence-corrected chi connectivity index (χ4v) is 3.33. The number of H-pyrrole nitrogens is 1. The van der Waals surface area contributed by atoms with Crippen LogP contribution in [0.3, 0.4) is 0 Å². The lowest BCUT2D eigenvalue weighted by Gasteiger charge is -2.10. The van der Waals surface area contributed by atoms with Gasteiger partial charge in [-0.3, -0.25) is 9.89 Å². The van der Waals surface area contributed by atoms with Gasteiger partial charge in [0.05, 0.1) is 19.9 Å². The molecule has 7 nitrogen and oxygen atoms in total. The zero-order chi connectivity index (χ0) is 18.1. The highest BCUT2D eigenvalue weighted by Crippen LogP contribution is 2.42. The highest BCUT2D eigenvalue weighted by atomic mass is 16.5. The Morgan fingerprint density at radius 1 is 1.23 bits per heavy atom. The molecule has 0 saturated heterocycles. The summed E-state index contributed by atoms with van der Waals surface area (Å²) in [7, 11) is 3.22. The lowest BCUT2D eigenvalue weighted by atomic mass is 10.1. The number of hydrogen-bond acceptors (Lipinski definition) is 4. The summed E-state index contributed by atoms with van der Waals surface area (Å²) in [5, 5.41) is 10.2. The first kappa shape index (κ1) is 16.3. The van der Waals surface area contributed by atoms with Gasteiger partial charge in [-0.25, -0.2) is 0 Å². The van der Waals surface area contributed by atoms with Gasteiger partial charge >= 0.3 is 0 Å². The third-order valence-electron chi connectivity index (χ3n) is 4.65. The van der Waals surface area contributed by atoms with Gasteiger partial charge in [0, 0.05) is 43.0 Å². The van der Waals surface area contributed by atoms with Crippen LogP contribution in [0.1, 0.15) is 21.6 Å². The monoisotopic (exact) mass is 352 g/mol. The van der Waals surface area contributed by atoms with Crippen molar-refractivity contribution in [1.29, 1.82) is 0 Å². The minimum Gasteiger partial charge on any atom is -0.493 e. The molecule has 2 aromatic heterocycles. The Labute approximate surface area is 150 Å². The van der Waals surface area contributed by atoms with E-state index in [0.29, 0.717) is 30.2 Å². The molecule has 134 valence electrons. The maximum atomic E-state index is 12.6. The van der Waals surface area contributed by atoms with Crippen LogP contribution in [0.4, 0.5) is 0 Å². The summed E-state index contributed by atoms with van der Waals surface area (Å²) in [5.41, 5.74) is 4.28. The quantitative estimate of drug-likeness (QED) is 0.558. The summed E-state index contributed by atoms with van der Waals surface area (Å²) in [6.07, 6.45) is 4.58. The number of hydrogen-bond donors (Lipinski definition) is 2. The number of benzene rings is 1. The van der Waals surface area contributed by atoms with E-state index < -0.39 is 0 Å². The Bertz CT molecular complexity index is 944. The van der Waals surface area contributed by atoms with Crippen LogP contribution in [-0.4, -0.2) is 41.4 Å². The van der Waals surface area contributed by atoms with E-state index in [1.54, 1.807) is 14.2 Å². The molecule has 0 unspecified atom stereocenters. The lowest BCUT2D eigenvalue weighted by molar-refractivity contribution is 0.0946. The molecule has 0 saturated carbocycles. The molecule has 0 atom stereocenters. The Morgan fingerprint density at radius 3 is 2.69 bits per heavy atom. The predicted molar refractivity (Wildman–Crippen MR) is 96.7 cm³/mol. The van der Waals surface area contributed by atoms with Gasteiger partial charge in [-0.2, -0.15) is 5.10 Å². The van der Waals surface area contributed by atoms with Crippen molar-refractivity contribution in [3.8, 4) is 22.8 Å². The van der Waals surface area contributed by atoms with E-state index in [1.807, 2.05) is 41.2 Å². The molecule has 0 fully saturated rings. The standard InChI is InChI=1S/C19H20N4O3/c1-25-15-10-12-9-14-17(13(12)11-16(15)26-2)21-22-18(14)19(24)20-5-8-23-6-3-4-7-23/h3-4,6-7,10-11H,5,8-9H2,1-2H3,(H,20,24)(H,21,22). The van der Waals surface area contributed by atoms with E-state index in [0.717, 1.165) is 28.9 Å². The molecule has 0 spiro atoms. The summed E-state index contributed by atoms with van der Waals surface area (Å²) in [6.45, 7) is 1.28. The predicted octanol–water partition coefficient (Wildman–Crippen LogP) is 2.23. The first-order valence-electron chi connectivity index (χ1n) is 8.42. The second-order valence-electron chi connectivity index (χ2n) is 6.14. The Morgan fingerprint density at radius 2 is 1.96 bits per heavy atom. The van der Waals surface area contributed by atoms with Crippen molar-refractivity contribution >= 4 is 5.91 Å². The summed E-state index contributed by atoms with van der Waals surface area (Å²) in [4.78, 5) is 12.6. The number of ether oxygens (including phenoxy) is 2. The van der Waals surface area contributed by atoms with Crippen molar-refractivity contribution in [1.82, 2.24) is 20.1 Å². The largest absolute Gasteiger partial charge is 0.493 e. The number of aromatic amines is 1. The summed E-state index contributed by atoms with van der Waals surface area (Å²) >= 11 is 0. The molecule has 2 N–H and O–H groups in total. The number of carbonyl (C=O) groups excluding carboxylic acids is 1. The molecular formula is C19H20N4O3. The number of aromatic nitrogens is 3. The summed E-state index contributed by atoms with van der Waals surface area (Å²) in [6, 6.07) is 7.78. The number of methoxy groups -OCH3 is 2. The maximum Gasteiger partial charge on any atom is 0.269 e. The average molecular weight is 352 g/mol. The van der Waals surface area contributed by atoms with E-state index in [9.17, 15) is 4.79 Å². The van der Waals surface area contributed by atoms with Crippen molar-refractivity contribution < 1.29 is 14.3 Å². The molecule has 0 radical (unpaired) electrons. The van der Waals surface area contributed by atoms with Gasteiger partial charge in [0.15, 0.2) is 11.5 Å².